The molecule has 0 fully saturated rings. The zero-order valence-corrected chi connectivity index (χ0v) is 16.1. The van der Waals surface area contributed by atoms with Crippen molar-refractivity contribution < 1.29 is 23.1 Å². The highest BCUT2D eigenvalue weighted by Crippen LogP contribution is 2.21. The van der Waals surface area contributed by atoms with Gasteiger partial charge in [-0.15, -0.1) is 0 Å². The Morgan fingerprint density at radius 2 is 1.50 bits per heavy atom. The molecule has 0 aromatic heterocycles. The molecule has 0 saturated heterocycles. The first-order chi connectivity index (χ1) is 14.4. The minimum absolute atomic E-state index is 0.0297. The number of hydrogen-bond donors (Lipinski definition) is 2. The monoisotopic (exact) mass is 410 g/mol. The van der Waals surface area contributed by atoms with Crippen molar-refractivity contribution in [3.63, 3.8) is 0 Å². The van der Waals surface area contributed by atoms with Crippen LogP contribution in [0, 0.1) is 0 Å². The van der Waals surface area contributed by atoms with Crippen LogP contribution in [0.4, 0.5) is 14.5 Å². The second kappa shape index (κ2) is 9.65. The molecule has 0 bridgehead atoms. The van der Waals surface area contributed by atoms with Crippen LogP contribution < -0.4 is 15.4 Å². The molecule has 1 unspecified atom stereocenters. The van der Waals surface area contributed by atoms with E-state index >= 15 is 0 Å². The lowest BCUT2D eigenvalue weighted by Gasteiger charge is -2.16. The first-order valence-corrected chi connectivity index (χ1v) is 9.24. The molecule has 0 aliphatic rings. The maximum Gasteiger partial charge on any atom is 0.387 e. The van der Waals surface area contributed by atoms with Crippen LogP contribution >= 0.6 is 0 Å². The van der Waals surface area contributed by atoms with Crippen LogP contribution in [0.25, 0.3) is 0 Å². The van der Waals surface area contributed by atoms with Gasteiger partial charge in [0, 0.05) is 16.8 Å². The number of hydrogen-bond acceptors (Lipinski definition) is 3. The number of nitrogens with one attached hydrogen (secondary N) is 2. The van der Waals surface area contributed by atoms with E-state index in [4.69, 9.17) is 0 Å². The minimum Gasteiger partial charge on any atom is -0.435 e. The predicted molar refractivity (Wildman–Crippen MR) is 110 cm³/mol. The van der Waals surface area contributed by atoms with Crippen LogP contribution in [0.15, 0.2) is 78.9 Å². The van der Waals surface area contributed by atoms with Gasteiger partial charge in [0.1, 0.15) is 5.75 Å². The number of carbonyl (C=O) groups is 2. The third-order valence-electron chi connectivity index (χ3n) is 4.37. The molecule has 0 aliphatic carbocycles. The number of alkyl halides is 2. The van der Waals surface area contributed by atoms with Gasteiger partial charge in [-0.25, -0.2) is 0 Å². The van der Waals surface area contributed by atoms with Crippen molar-refractivity contribution in [2.75, 3.05) is 5.32 Å². The Balaban J connectivity index is 1.61. The van der Waals surface area contributed by atoms with Crippen molar-refractivity contribution in [3.8, 4) is 5.75 Å². The summed E-state index contributed by atoms with van der Waals surface area (Å²) in [6.45, 7) is -1.17. The number of rotatable bonds is 7. The van der Waals surface area contributed by atoms with Crippen LogP contribution in [0.5, 0.6) is 5.75 Å². The highest BCUT2D eigenvalue weighted by Gasteiger charge is 2.14. The zero-order chi connectivity index (χ0) is 21.5. The minimum atomic E-state index is -2.91. The van der Waals surface area contributed by atoms with E-state index < -0.39 is 12.7 Å². The molecular formula is C23H20F2N2O3. The molecule has 7 heteroatoms. The van der Waals surface area contributed by atoms with Crippen LogP contribution in [-0.2, 0) is 0 Å². The topological polar surface area (TPSA) is 67.4 Å². The molecule has 2 N–H and O–H groups in total. The molecule has 3 aromatic rings. The summed E-state index contributed by atoms with van der Waals surface area (Å²) in [4.78, 5) is 24.7. The second-order valence-electron chi connectivity index (χ2n) is 6.54. The summed E-state index contributed by atoms with van der Waals surface area (Å²) in [6.07, 6.45) is 0. The first-order valence-electron chi connectivity index (χ1n) is 9.24. The standard InChI is InChI=1S/C23H20F2N2O3/c1-15(18-8-5-9-20(14-18)30-23(24)25)26-21(28)17-10-12-19(13-11-17)27-22(29)16-6-3-2-4-7-16/h2-15,23H,1H3,(H,26,28)(H,27,29). The van der Waals surface area contributed by atoms with E-state index in [0.717, 1.165) is 0 Å². The number of halogens is 2. The van der Waals surface area contributed by atoms with Crippen molar-refractivity contribution >= 4 is 17.5 Å². The average Bonchev–Trinajstić information content (AvgIpc) is 2.74. The van der Waals surface area contributed by atoms with Crippen molar-refractivity contribution in [2.45, 2.75) is 19.6 Å². The van der Waals surface area contributed by atoms with Crippen molar-refractivity contribution in [2.24, 2.45) is 0 Å². The Labute approximate surface area is 172 Å². The van der Waals surface area contributed by atoms with E-state index in [2.05, 4.69) is 15.4 Å². The third kappa shape index (κ3) is 5.64. The maximum absolute atomic E-state index is 12.5. The first kappa shape index (κ1) is 21.0. The normalized spacial score (nSPS) is 11.6. The Bertz CT molecular complexity index is 1010. The smallest absolute Gasteiger partial charge is 0.387 e. The molecule has 2 amide bonds. The van der Waals surface area contributed by atoms with E-state index in [1.807, 2.05) is 6.07 Å². The van der Waals surface area contributed by atoms with Gasteiger partial charge in [-0.2, -0.15) is 8.78 Å². The molecule has 1 atom stereocenters. The largest absolute Gasteiger partial charge is 0.435 e. The van der Waals surface area contributed by atoms with Crippen LogP contribution in [-0.4, -0.2) is 18.4 Å². The van der Waals surface area contributed by atoms with E-state index in [9.17, 15) is 18.4 Å². The van der Waals surface area contributed by atoms with Gasteiger partial charge < -0.3 is 15.4 Å². The molecule has 0 spiro atoms. The van der Waals surface area contributed by atoms with Gasteiger partial charge in [0.15, 0.2) is 0 Å². The molecule has 154 valence electrons. The van der Waals surface area contributed by atoms with Gasteiger partial charge in [-0.3, -0.25) is 9.59 Å². The predicted octanol–water partition coefficient (Wildman–Crippen LogP) is 5.03. The van der Waals surface area contributed by atoms with Crippen LogP contribution in [0.2, 0.25) is 0 Å². The third-order valence-corrected chi connectivity index (χ3v) is 4.37. The van der Waals surface area contributed by atoms with Gasteiger partial charge in [-0.05, 0) is 61.0 Å². The fourth-order valence-electron chi connectivity index (χ4n) is 2.82. The molecule has 0 aliphatic heterocycles. The summed E-state index contributed by atoms with van der Waals surface area (Å²) in [6, 6.07) is 21.0. The van der Waals surface area contributed by atoms with Crippen LogP contribution in [0.3, 0.4) is 0 Å². The van der Waals surface area contributed by atoms with Crippen molar-refractivity contribution in [3.05, 3.63) is 95.6 Å². The number of benzene rings is 3. The SMILES string of the molecule is CC(NC(=O)c1ccc(NC(=O)c2ccccc2)cc1)c1cccc(OC(F)F)c1. The van der Waals surface area contributed by atoms with E-state index in [0.29, 0.717) is 22.4 Å². The molecule has 3 aromatic carbocycles. The number of amides is 2. The average molecular weight is 410 g/mol. The van der Waals surface area contributed by atoms with Gasteiger partial charge in [0.05, 0.1) is 6.04 Å². The summed E-state index contributed by atoms with van der Waals surface area (Å²) in [5, 5.41) is 5.58. The summed E-state index contributed by atoms with van der Waals surface area (Å²) >= 11 is 0. The number of carbonyl (C=O) groups excluding carboxylic acids is 2. The molecule has 0 heterocycles. The summed E-state index contributed by atoms with van der Waals surface area (Å²) in [5.74, 6) is -0.543. The Hall–Kier alpha value is -3.74. The highest BCUT2D eigenvalue weighted by molar-refractivity contribution is 6.04. The second-order valence-corrected chi connectivity index (χ2v) is 6.54. The van der Waals surface area contributed by atoms with E-state index in [1.54, 1.807) is 67.6 Å². The maximum atomic E-state index is 12.5. The molecule has 30 heavy (non-hydrogen) atoms. The lowest BCUT2D eigenvalue weighted by Crippen LogP contribution is -2.26. The highest BCUT2D eigenvalue weighted by atomic mass is 19.3. The summed E-state index contributed by atoms with van der Waals surface area (Å²) in [5.41, 5.74) is 2.13. The Morgan fingerprint density at radius 1 is 0.833 bits per heavy atom. The molecule has 5 nitrogen and oxygen atoms in total. The Morgan fingerprint density at radius 3 is 2.17 bits per heavy atom. The number of anilines is 1. The lowest BCUT2D eigenvalue weighted by molar-refractivity contribution is -0.0499. The summed E-state index contributed by atoms with van der Waals surface area (Å²) in [7, 11) is 0. The molecule has 0 saturated carbocycles. The van der Waals surface area contributed by atoms with Crippen LogP contribution in [0.1, 0.15) is 39.2 Å². The van der Waals surface area contributed by atoms with Gasteiger partial charge in [0.2, 0.25) is 0 Å². The fraction of sp³-hybridized carbons (Fsp3) is 0.130. The van der Waals surface area contributed by atoms with Gasteiger partial charge in [0.25, 0.3) is 11.8 Å². The zero-order valence-electron chi connectivity index (χ0n) is 16.1. The van der Waals surface area contributed by atoms with Gasteiger partial charge in [-0.1, -0.05) is 30.3 Å². The Kier molecular flexibility index (Phi) is 6.75. The molecule has 0 radical (unpaired) electrons. The van der Waals surface area contributed by atoms with E-state index in [-0.39, 0.29) is 17.6 Å². The van der Waals surface area contributed by atoms with E-state index in [1.165, 1.54) is 12.1 Å². The summed E-state index contributed by atoms with van der Waals surface area (Å²) < 4.78 is 29.1. The molecule has 3 rings (SSSR count). The quantitative estimate of drug-likeness (QED) is 0.574. The number of ether oxygens (including phenoxy) is 1. The fourth-order valence-corrected chi connectivity index (χ4v) is 2.82. The molecular weight excluding hydrogens is 390 g/mol. The lowest BCUT2D eigenvalue weighted by atomic mass is 10.1. The van der Waals surface area contributed by atoms with Crippen molar-refractivity contribution in [1.82, 2.24) is 5.32 Å². The van der Waals surface area contributed by atoms with Crippen molar-refractivity contribution in [1.29, 1.82) is 0 Å². The van der Waals surface area contributed by atoms with Gasteiger partial charge >= 0.3 is 6.61 Å².